The second-order valence-corrected chi connectivity index (χ2v) is 7.82. The number of methoxy groups -OCH3 is 1. The van der Waals surface area contributed by atoms with Gasteiger partial charge in [-0.1, -0.05) is 17.7 Å². The molecule has 29 heavy (non-hydrogen) atoms. The summed E-state index contributed by atoms with van der Waals surface area (Å²) in [5, 5.41) is 19.3. The molecule has 2 aromatic carbocycles. The van der Waals surface area contributed by atoms with Crippen molar-refractivity contribution in [3.8, 4) is 5.75 Å². The summed E-state index contributed by atoms with van der Waals surface area (Å²) < 4.78 is 8.42. The summed E-state index contributed by atoms with van der Waals surface area (Å²) in [4.78, 5) is 15.6. The first-order valence-corrected chi connectivity index (χ1v) is 10.6. The fraction of sp³-hybridized carbons (Fsp3) is 0.200. The second kappa shape index (κ2) is 10.0. The summed E-state index contributed by atoms with van der Waals surface area (Å²) >= 11 is 2.87. The zero-order valence-electron chi connectivity index (χ0n) is 16.1. The van der Waals surface area contributed by atoms with Crippen LogP contribution in [0.15, 0.2) is 52.9 Å². The summed E-state index contributed by atoms with van der Waals surface area (Å²) in [5.74, 6) is -0.525. The Morgan fingerprint density at radius 1 is 1.17 bits per heavy atom. The number of carboxylic acids is 1. The number of benzene rings is 2. The number of aryl methyl sites for hydroxylation is 1. The Morgan fingerprint density at radius 2 is 1.93 bits per heavy atom. The van der Waals surface area contributed by atoms with Crippen molar-refractivity contribution in [2.24, 2.45) is 0 Å². The van der Waals surface area contributed by atoms with Crippen LogP contribution in [0.1, 0.15) is 15.9 Å². The van der Waals surface area contributed by atoms with Crippen molar-refractivity contribution >= 4 is 45.8 Å². The molecule has 0 amide bonds. The van der Waals surface area contributed by atoms with Gasteiger partial charge >= 0.3 is 5.97 Å². The molecule has 7 nitrogen and oxygen atoms in total. The van der Waals surface area contributed by atoms with Gasteiger partial charge in [0, 0.05) is 36.1 Å². The minimum atomic E-state index is -0.991. The van der Waals surface area contributed by atoms with Crippen molar-refractivity contribution in [2.75, 3.05) is 35.6 Å². The predicted molar refractivity (Wildman–Crippen MR) is 120 cm³/mol. The van der Waals surface area contributed by atoms with Gasteiger partial charge in [-0.05, 0) is 37.3 Å². The van der Waals surface area contributed by atoms with E-state index in [0.29, 0.717) is 11.4 Å². The van der Waals surface area contributed by atoms with Crippen LogP contribution in [0.2, 0.25) is 0 Å². The summed E-state index contributed by atoms with van der Waals surface area (Å²) in [7, 11) is 1.51. The van der Waals surface area contributed by atoms with Gasteiger partial charge in [0.15, 0.2) is 5.13 Å². The normalized spacial score (nSPS) is 10.4. The summed E-state index contributed by atoms with van der Waals surface area (Å²) in [5.41, 5.74) is 3.20. The van der Waals surface area contributed by atoms with Crippen molar-refractivity contribution in [3.63, 3.8) is 0 Å². The number of nitrogens with one attached hydrogen (secondary N) is 3. The number of hydrogen-bond donors (Lipinski definition) is 4. The van der Waals surface area contributed by atoms with Crippen LogP contribution in [0, 0.1) is 6.92 Å². The van der Waals surface area contributed by atoms with E-state index in [1.165, 1.54) is 48.1 Å². The third-order valence-corrected chi connectivity index (χ3v) is 5.67. The molecule has 152 valence electrons. The molecule has 0 bridgehead atoms. The van der Waals surface area contributed by atoms with E-state index in [0.717, 1.165) is 28.9 Å². The second-order valence-electron chi connectivity index (χ2n) is 6.13. The lowest BCUT2D eigenvalue weighted by molar-refractivity contribution is 0.0696. The Morgan fingerprint density at radius 3 is 2.66 bits per heavy atom. The van der Waals surface area contributed by atoms with Crippen molar-refractivity contribution in [3.05, 3.63) is 59.0 Å². The van der Waals surface area contributed by atoms with E-state index in [1.54, 1.807) is 6.07 Å². The molecule has 0 unspecified atom stereocenters. The minimum Gasteiger partial charge on any atom is -0.495 e. The predicted octanol–water partition coefficient (Wildman–Crippen LogP) is 4.80. The zero-order chi connectivity index (χ0) is 20.6. The van der Waals surface area contributed by atoms with Crippen LogP contribution in [0.25, 0.3) is 0 Å². The number of hydrogen-bond acceptors (Lipinski definition) is 8. The van der Waals surface area contributed by atoms with Gasteiger partial charge in [0.05, 0.1) is 18.4 Å². The average molecular weight is 431 g/mol. The highest BCUT2D eigenvalue weighted by atomic mass is 32.2. The third kappa shape index (κ3) is 6.03. The third-order valence-electron chi connectivity index (χ3n) is 3.98. The van der Waals surface area contributed by atoms with Crippen molar-refractivity contribution in [1.29, 1.82) is 0 Å². The number of aromatic carboxylic acids is 1. The van der Waals surface area contributed by atoms with Gasteiger partial charge in [0.25, 0.3) is 0 Å². The highest BCUT2D eigenvalue weighted by Gasteiger charge is 2.10. The molecule has 0 fully saturated rings. The Bertz CT molecular complexity index is 961. The number of carboxylic acid groups (broad SMARTS) is 1. The molecule has 3 rings (SSSR count). The SMILES string of the molecule is COc1cc(C(=O)O)ccc1NSc1csc(NCCNc2ccc(C)cc2)n1. The topological polar surface area (TPSA) is 95.5 Å². The maximum Gasteiger partial charge on any atom is 0.335 e. The molecule has 4 N–H and O–H groups in total. The van der Waals surface area contributed by atoms with E-state index in [1.807, 2.05) is 5.38 Å². The van der Waals surface area contributed by atoms with Crippen LogP contribution >= 0.6 is 23.3 Å². The Balaban J connectivity index is 1.46. The zero-order valence-corrected chi connectivity index (χ0v) is 17.7. The molecular weight excluding hydrogens is 408 g/mol. The van der Waals surface area contributed by atoms with E-state index in [2.05, 4.69) is 51.5 Å². The minimum absolute atomic E-state index is 0.178. The summed E-state index contributed by atoms with van der Waals surface area (Å²) in [6, 6.07) is 13.0. The van der Waals surface area contributed by atoms with Crippen LogP contribution in [-0.4, -0.2) is 36.3 Å². The Labute approximate surface area is 177 Å². The fourth-order valence-electron chi connectivity index (χ4n) is 2.45. The quantitative estimate of drug-likeness (QED) is 0.269. The Kier molecular flexibility index (Phi) is 7.20. The van der Waals surface area contributed by atoms with Gasteiger partial charge in [-0.15, -0.1) is 11.3 Å². The molecule has 9 heteroatoms. The van der Waals surface area contributed by atoms with Crippen LogP contribution in [0.4, 0.5) is 16.5 Å². The molecular formula is C20H22N4O3S2. The lowest BCUT2D eigenvalue weighted by Crippen LogP contribution is -2.13. The molecule has 0 saturated heterocycles. The molecule has 1 aromatic heterocycles. The van der Waals surface area contributed by atoms with E-state index < -0.39 is 5.97 Å². The van der Waals surface area contributed by atoms with Gasteiger partial charge in [0.1, 0.15) is 10.8 Å². The Hall–Kier alpha value is -2.91. The van der Waals surface area contributed by atoms with Crippen molar-refractivity contribution in [1.82, 2.24) is 4.98 Å². The van der Waals surface area contributed by atoms with Crippen LogP contribution < -0.4 is 20.1 Å². The lowest BCUT2D eigenvalue weighted by atomic mass is 10.2. The number of carbonyl (C=O) groups is 1. The van der Waals surface area contributed by atoms with E-state index in [-0.39, 0.29) is 5.56 Å². The molecule has 0 atom stereocenters. The molecule has 3 aromatic rings. The maximum absolute atomic E-state index is 11.1. The number of ether oxygens (including phenoxy) is 1. The highest BCUT2D eigenvalue weighted by Crippen LogP contribution is 2.31. The number of thiazole rings is 1. The number of nitrogens with zero attached hydrogens (tertiary/aromatic N) is 1. The first kappa shape index (κ1) is 20.8. The molecule has 1 heterocycles. The van der Waals surface area contributed by atoms with Crippen molar-refractivity contribution < 1.29 is 14.6 Å². The summed E-state index contributed by atoms with van der Waals surface area (Å²) in [6.45, 7) is 3.61. The first-order valence-electron chi connectivity index (χ1n) is 8.89. The van der Waals surface area contributed by atoms with Crippen LogP contribution in [0.3, 0.4) is 0 Å². The monoisotopic (exact) mass is 430 g/mol. The lowest BCUT2D eigenvalue weighted by Gasteiger charge is -2.10. The average Bonchev–Trinajstić information content (AvgIpc) is 3.18. The van der Waals surface area contributed by atoms with Gasteiger partial charge in [0.2, 0.25) is 0 Å². The van der Waals surface area contributed by atoms with Crippen LogP contribution in [0.5, 0.6) is 5.75 Å². The smallest absolute Gasteiger partial charge is 0.335 e. The number of aromatic nitrogens is 1. The van der Waals surface area contributed by atoms with Crippen molar-refractivity contribution in [2.45, 2.75) is 11.9 Å². The van der Waals surface area contributed by atoms with Gasteiger partial charge in [-0.25, -0.2) is 9.78 Å². The van der Waals surface area contributed by atoms with E-state index in [9.17, 15) is 4.79 Å². The van der Waals surface area contributed by atoms with E-state index in [4.69, 9.17) is 9.84 Å². The maximum atomic E-state index is 11.1. The molecule has 0 spiro atoms. The molecule has 0 saturated carbocycles. The largest absolute Gasteiger partial charge is 0.495 e. The standard InChI is InChI=1S/C20H22N4O3S2/c1-13-3-6-15(7-4-13)21-9-10-22-20-23-18(12-28-20)29-24-16-8-5-14(19(25)26)11-17(16)27-2/h3-8,11-12,21,24H,9-10H2,1-2H3,(H,22,23)(H,25,26). The highest BCUT2D eigenvalue weighted by molar-refractivity contribution is 8.00. The summed E-state index contributed by atoms with van der Waals surface area (Å²) in [6.07, 6.45) is 0. The van der Waals surface area contributed by atoms with E-state index >= 15 is 0 Å². The first-order chi connectivity index (χ1) is 14.0. The molecule has 0 aliphatic heterocycles. The fourth-order valence-corrected chi connectivity index (χ4v) is 3.97. The van der Waals surface area contributed by atoms with Gasteiger partial charge < -0.3 is 25.2 Å². The van der Waals surface area contributed by atoms with Gasteiger partial charge in [-0.3, -0.25) is 0 Å². The van der Waals surface area contributed by atoms with Gasteiger partial charge in [-0.2, -0.15) is 0 Å². The molecule has 0 aliphatic rings. The number of anilines is 3. The molecule has 0 aliphatic carbocycles. The molecule has 0 radical (unpaired) electrons. The number of rotatable bonds is 10. The van der Waals surface area contributed by atoms with Crippen LogP contribution in [-0.2, 0) is 0 Å².